The molecule has 6 nitrogen and oxygen atoms in total. The quantitative estimate of drug-likeness (QED) is 0.919. The summed E-state index contributed by atoms with van der Waals surface area (Å²) in [5.41, 5.74) is 1.28. The third kappa shape index (κ3) is 3.50. The second-order valence-electron chi connectivity index (χ2n) is 6.39. The molecule has 0 aromatic heterocycles. The normalized spacial score (nSPS) is 16.9. The Morgan fingerprint density at radius 2 is 1.77 bits per heavy atom. The number of benzene rings is 2. The van der Waals surface area contributed by atoms with Gasteiger partial charge in [0.25, 0.3) is 5.91 Å². The smallest absolute Gasteiger partial charge is 0.292 e. The van der Waals surface area contributed by atoms with Crippen LogP contribution in [0.1, 0.15) is 5.56 Å². The van der Waals surface area contributed by atoms with E-state index in [1.54, 1.807) is 11.0 Å². The maximum atomic E-state index is 12.7. The van der Waals surface area contributed by atoms with E-state index < -0.39 is 0 Å². The van der Waals surface area contributed by atoms with Crippen LogP contribution < -0.4 is 9.47 Å². The number of fused-ring (bicyclic) bond motifs is 1. The first-order valence-electron chi connectivity index (χ1n) is 8.62. The van der Waals surface area contributed by atoms with Crippen molar-refractivity contribution in [3.63, 3.8) is 0 Å². The number of piperazine rings is 1. The lowest BCUT2D eigenvalue weighted by Crippen LogP contribution is -2.49. The Labute approximate surface area is 151 Å². The van der Waals surface area contributed by atoms with Gasteiger partial charge in [-0.1, -0.05) is 30.3 Å². The van der Waals surface area contributed by atoms with Crippen molar-refractivity contribution >= 4 is 5.91 Å². The zero-order valence-corrected chi connectivity index (χ0v) is 14.3. The summed E-state index contributed by atoms with van der Waals surface area (Å²) in [5, 5.41) is 9.46. The molecule has 4 rings (SSSR count). The van der Waals surface area contributed by atoms with Crippen LogP contribution in [0.15, 0.2) is 60.6 Å². The summed E-state index contributed by atoms with van der Waals surface area (Å²) >= 11 is 0. The third-order valence-corrected chi connectivity index (χ3v) is 4.56. The van der Waals surface area contributed by atoms with Crippen molar-refractivity contribution in [2.75, 3.05) is 26.2 Å². The van der Waals surface area contributed by atoms with E-state index in [0.717, 1.165) is 19.6 Å². The minimum Gasteiger partial charge on any atom is -0.508 e. The van der Waals surface area contributed by atoms with E-state index in [-0.39, 0.29) is 17.4 Å². The van der Waals surface area contributed by atoms with Crippen LogP contribution in [0.2, 0.25) is 0 Å². The van der Waals surface area contributed by atoms with E-state index in [4.69, 9.17) is 9.47 Å². The number of nitrogens with zero attached hydrogens (tertiary/aromatic N) is 2. The Kier molecular flexibility index (Phi) is 4.50. The fourth-order valence-corrected chi connectivity index (χ4v) is 3.13. The van der Waals surface area contributed by atoms with Gasteiger partial charge in [-0.2, -0.15) is 0 Å². The predicted molar refractivity (Wildman–Crippen MR) is 95.7 cm³/mol. The van der Waals surface area contributed by atoms with E-state index in [0.29, 0.717) is 24.6 Å². The third-order valence-electron chi connectivity index (χ3n) is 4.56. The van der Waals surface area contributed by atoms with Crippen molar-refractivity contribution in [3.8, 4) is 17.2 Å². The second kappa shape index (κ2) is 7.09. The topological polar surface area (TPSA) is 62.2 Å². The number of phenolic OH excluding ortho intramolecular Hbond substituents is 1. The summed E-state index contributed by atoms with van der Waals surface area (Å²) < 4.78 is 11.1. The standard InChI is InChI=1S/C20H20N2O4/c23-16-6-7-17-18(12-16)25-14-19(26-17)20(24)22-10-8-21(9-11-22)13-15-4-2-1-3-5-15/h1-7,12,14,23H,8-11,13H2. The van der Waals surface area contributed by atoms with E-state index in [1.165, 1.54) is 24.0 Å². The van der Waals surface area contributed by atoms with Crippen LogP contribution in [0.3, 0.4) is 0 Å². The number of amides is 1. The SMILES string of the molecule is O=C(C1=COc2cc(O)ccc2O1)N1CCN(Cc2ccccc2)CC1. The van der Waals surface area contributed by atoms with E-state index in [9.17, 15) is 9.90 Å². The van der Waals surface area contributed by atoms with Crippen molar-refractivity contribution in [2.24, 2.45) is 0 Å². The Bertz CT molecular complexity index is 827. The molecule has 1 saturated heterocycles. The Hall–Kier alpha value is -2.99. The molecular formula is C20H20N2O4. The summed E-state index contributed by atoms with van der Waals surface area (Å²) in [6.45, 7) is 3.82. The molecule has 2 aliphatic heterocycles. The minimum absolute atomic E-state index is 0.0880. The first-order chi connectivity index (χ1) is 12.7. The maximum Gasteiger partial charge on any atom is 0.292 e. The Morgan fingerprint density at radius 1 is 1.00 bits per heavy atom. The maximum absolute atomic E-state index is 12.7. The molecule has 0 saturated carbocycles. The fourth-order valence-electron chi connectivity index (χ4n) is 3.13. The first kappa shape index (κ1) is 16.5. The second-order valence-corrected chi connectivity index (χ2v) is 6.39. The summed E-state index contributed by atoms with van der Waals surface area (Å²) in [7, 11) is 0. The van der Waals surface area contributed by atoms with E-state index in [1.807, 2.05) is 18.2 Å². The molecule has 0 unspecified atom stereocenters. The molecule has 0 spiro atoms. The molecule has 2 aromatic rings. The number of phenols is 1. The Morgan fingerprint density at radius 3 is 2.54 bits per heavy atom. The van der Waals surface area contributed by atoms with Gasteiger partial charge in [-0.05, 0) is 17.7 Å². The predicted octanol–water partition coefficient (Wildman–Crippen LogP) is 2.35. The van der Waals surface area contributed by atoms with Gasteiger partial charge in [-0.25, -0.2) is 0 Å². The molecule has 6 heteroatoms. The van der Waals surface area contributed by atoms with Crippen LogP contribution in [-0.4, -0.2) is 47.0 Å². The summed E-state index contributed by atoms with van der Waals surface area (Å²) in [4.78, 5) is 16.8. The van der Waals surface area contributed by atoms with Crippen molar-refractivity contribution in [3.05, 3.63) is 66.1 Å². The summed E-state index contributed by atoms with van der Waals surface area (Å²) in [6, 6.07) is 14.9. The molecule has 0 atom stereocenters. The molecule has 1 N–H and O–H groups in total. The van der Waals surface area contributed by atoms with Crippen LogP contribution in [0.4, 0.5) is 0 Å². The number of hydrogen-bond donors (Lipinski definition) is 1. The number of carbonyl (C=O) groups excluding carboxylic acids is 1. The highest BCUT2D eigenvalue weighted by atomic mass is 16.6. The van der Waals surface area contributed by atoms with Gasteiger partial charge < -0.3 is 19.5 Å². The molecular weight excluding hydrogens is 332 g/mol. The van der Waals surface area contributed by atoms with Crippen molar-refractivity contribution in [1.29, 1.82) is 0 Å². The molecule has 134 valence electrons. The van der Waals surface area contributed by atoms with Crippen molar-refractivity contribution in [1.82, 2.24) is 9.80 Å². The molecule has 2 aliphatic rings. The number of aromatic hydroxyl groups is 1. The van der Waals surface area contributed by atoms with Crippen molar-refractivity contribution < 1.29 is 19.4 Å². The lowest BCUT2D eigenvalue weighted by atomic mass is 10.2. The highest BCUT2D eigenvalue weighted by molar-refractivity contribution is 5.92. The van der Waals surface area contributed by atoms with Gasteiger partial charge in [-0.15, -0.1) is 0 Å². The summed E-state index contributed by atoms with van der Waals surface area (Å²) in [5.74, 6) is 0.901. The zero-order chi connectivity index (χ0) is 17.9. The molecule has 26 heavy (non-hydrogen) atoms. The minimum atomic E-state index is -0.178. The lowest BCUT2D eigenvalue weighted by Gasteiger charge is -2.35. The number of carbonyl (C=O) groups is 1. The molecule has 0 aliphatic carbocycles. The number of hydrogen-bond acceptors (Lipinski definition) is 5. The molecule has 1 amide bonds. The first-order valence-corrected chi connectivity index (χ1v) is 8.62. The van der Waals surface area contributed by atoms with E-state index in [2.05, 4.69) is 17.0 Å². The highest BCUT2D eigenvalue weighted by Gasteiger charge is 2.28. The molecule has 2 aromatic carbocycles. The number of ether oxygens (including phenoxy) is 2. The molecule has 2 heterocycles. The van der Waals surface area contributed by atoms with Gasteiger partial charge >= 0.3 is 0 Å². The van der Waals surface area contributed by atoms with Crippen LogP contribution in [0.5, 0.6) is 17.2 Å². The molecule has 1 fully saturated rings. The summed E-state index contributed by atoms with van der Waals surface area (Å²) in [6.07, 6.45) is 1.31. The molecule has 0 radical (unpaired) electrons. The number of rotatable bonds is 3. The van der Waals surface area contributed by atoms with Gasteiger partial charge in [0.2, 0.25) is 5.76 Å². The van der Waals surface area contributed by atoms with Crippen LogP contribution in [-0.2, 0) is 11.3 Å². The lowest BCUT2D eigenvalue weighted by molar-refractivity contribution is -0.131. The van der Waals surface area contributed by atoms with Gasteiger partial charge in [0.15, 0.2) is 11.5 Å². The molecule has 0 bridgehead atoms. The zero-order valence-electron chi connectivity index (χ0n) is 14.3. The average molecular weight is 352 g/mol. The van der Waals surface area contributed by atoms with E-state index >= 15 is 0 Å². The van der Waals surface area contributed by atoms with Gasteiger partial charge in [-0.3, -0.25) is 9.69 Å². The largest absolute Gasteiger partial charge is 0.508 e. The van der Waals surface area contributed by atoms with Crippen LogP contribution in [0, 0.1) is 0 Å². The van der Waals surface area contributed by atoms with Crippen LogP contribution >= 0.6 is 0 Å². The van der Waals surface area contributed by atoms with Gasteiger partial charge in [0.05, 0.1) is 0 Å². The highest BCUT2D eigenvalue weighted by Crippen LogP contribution is 2.35. The van der Waals surface area contributed by atoms with Gasteiger partial charge in [0.1, 0.15) is 12.0 Å². The average Bonchev–Trinajstić information content (AvgIpc) is 2.68. The Balaban J connectivity index is 1.34. The monoisotopic (exact) mass is 352 g/mol. The van der Waals surface area contributed by atoms with Gasteiger partial charge in [0, 0.05) is 38.8 Å². The van der Waals surface area contributed by atoms with Crippen LogP contribution in [0.25, 0.3) is 0 Å². The van der Waals surface area contributed by atoms with Crippen molar-refractivity contribution in [2.45, 2.75) is 6.54 Å². The fraction of sp³-hybridized carbons (Fsp3) is 0.250.